The Morgan fingerprint density at radius 3 is 2.58 bits per heavy atom. The van der Waals surface area contributed by atoms with Crippen LogP contribution in [0.2, 0.25) is 0 Å². The van der Waals surface area contributed by atoms with Gasteiger partial charge in [0, 0.05) is 11.1 Å². The van der Waals surface area contributed by atoms with Gasteiger partial charge in [-0.05, 0) is 30.2 Å². The molecular formula is C17H14O2. The molecule has 0 atom stereocenters. The molecule has 0 saturated carbocycles. The Bertz CT molecular complexity index is 654. The van der Waals surface area contributed by atoms with E-state index in [4.69, 9.17) is 4.74 Å². The van der Waals surface area contributed by atoms with Crippen molar-refractivity contribution < 1.29 is 9.53 Å². The van der Waals surface area contributed by atoms with Gasteiger partial charge < -0.3 is 4.74 Å². The summed E-state index contributed by atoms with van der Waals surface area (Å²) in [7, 11) is 0. The molecule has 2 aromatic rings. The zero-order valence-corrected chi connectivity index (χ0v) is 10.7. The van der Waals surface area contributed by atoms with Gasteiger partial charge in [-0.25, -0.2) is 0 Å². The van der Waals surface area contributed by atoms with Crippen LogP contribution in [0.25, 0.3) is 17.2 Å². The van der Waals surface area contributed by atoms with E-state index in [1.807, 2.05) is 36.4 Å². The Hall–Kier alpha value is -2.35. The number of ketones is 1. The van der Waals surface area contributed by atoms with Crippen LogP contribution in [0, 0.1) is 0 Å². The largest absolute Gasteiger partial charge is 0.488 e. The third kappa shape index (κ3) is 2.29. The fraction of sp³-hybridized carbons (Fsp3) is 0.118. The van der Waals surface area contributed by atoms with Crippen molar-refractivity contribution in [3.63, 3.8) is 0 Å². The number of benzene rings is 2. The van der Waals surface area contributed by atoms with Crippen LogP contribution in [-0.4, -0.2) is 12.4 Å². The molecule has 2 aromatic carbocycles. The number of Topliss-reactive ketones (excluding diaryl/α,β-unsaturated/α-hetero) is 1. The average Bonchev–Trinajstić information content (AvgIpc) is 2.47. The summed E-state index contributed by atoms with van der Waals surface area (Å²) in [5.74, 6) is 0.907. The fourth-order valence-electron chi connectivity index (χ4n) is 2.18. The average molecular weight is 250 g/mol. The number of hydrogen-bond donors (Lipinski definition) is 0. The van der Waals surface area contributed by atoms with Crippen LogP contribution in [0.15, 0.2) is 54.1 Å². The van der Waals surface area contributed by atoms with Gasteiger partial charge in [0.2, 0.25) is 0 Å². The van der Waals surface area contributed by atoms with E-state index in [-0.39, 0.29) is 5.78 Å². The molecule has 19 heavy (non-hydrogen) atoms. The van der Waals surface area contributed by atoms with E-state index in [1.165, 1.54) is 0 Å². The molecule has 1 aliphatic rings. The maximum Gasteiger partial charge on any atom is 0.159 e. The first kappa shape index (κ1) is 11.7. The van der Waals surface area contributed by atoms with Gasteiger partial charge in [-0.3, -0.25) is 4.79 Å². The first-order chi connectivity index (χ1) is 9.24. The van der Waals surface area contributed by atoms with E-state index in [0.717, 1.165) is 28.0 Å². The number of ether oxygens (including phenoxy) is 1. The number of fused-ring (bicyclic) bond motifs is 1. The number of hydrogen-bond acceptors (Lipinski definition) is 2. The normalized spacial score (nSPS) is 13.2. The smallest absolute Gasteiger partial charge is 0.159 e. The van der Waals surface area contributed by atoms with Crippen molar-refractivity contribution in [3.05, 3.63) is 59.7 Å². The van der Waals surface area contributed by atoms with Crippen molar-refractivity contribution in [1.29, 1.82) is 0 Å². The van der Waals surface area contributed by atoms with E-state index < -0.39 is 0 Å². The molecule has 0 N–H and O–H groups in total. The Labute approximate surface area is 112 Å². The molecule has 0 fully saturated rings. The summed E-state index contributed by atoms with van der Waals surface area (Å²) in [6.07, 6.45) is 1.91. The molecule has 2 heteroatoms. The molecule has 2 nitrogen and oxygen atoms in total. The summed E-state index contributed by atoms with van der Waals surface area (Å²) in [5, 5.41) is 0. The van der Waals surface area contributed by atoms with E-state index >= 15 is 0 Å². The minimum Gasteiger partial charge on any atom is -0.488 e. The Morgan fingerprint density at radius 1 is 1.05 bits per heavy atom. The second kappa shape index (κ2) is 4.73. The van der Waals surface area contributed by atoms with Crippen LogP contribution in [0.5, 0.6) is 5.75 Å². The molecule has 0 saturated heterocycles. The lowest BCUT2D eigenvalue weighted by atomic mass is 10.00. The molecule has 3 rings (SSSR count). The van der Waals surface area contributed by atoms with Gasteiger partial charge in [-0.1, -0.05) is 42.5 Å². The maximum absolute atomic E-state index is 11.3. The summed E-state index contributed by atoms with van der Waals surface area (Å²) in [4.78, 5) is 11.3. The highest BCUT2D eigenvalue weighted by Crippen LogP contribution is 2.31. The van der Waals surface area contributed by atoms with Gasteiger partial charge in [0.25, 0.3) is 0 Å². The van der Waals surface area contributed by atoms with Gasteiger partial charge in [0.1, 0.15) is 12.4 Å². The number of carbonyl (C=O) groups excluding carboxylic acids is 1. The molecule has 0 radical (unpaired) electrons. The van der Waals surface area contributed by atoms with Crippen molar-refractivity contribution in [2.75, 3.05) is 6.61 Å². The van der Waals surface area contributed by atoms with E-state index in [2.05, 4.69) is 18.2 Å². The minimum absolute atomic E-state index is 0.0674. The molecular weight excluding hydrogens is 236 g/mol. The number of carbonyl (C=O) groups is 1. The summed E-state index contributed by atoms with van der Waals surface area (Å²) < 4.78 is 5.67. The second-order valence-electron chi connectivity index (χ2n) is 4.63. The predicted molar refractivity (Wildman–Crippen MR) is 76.0 cm³/mol. The van der Waals surface area contributed by atoms with Gasteiger partial charge in [0.15, 0.2) is 5.78 Å². The molecule has 0 spiro atoms. The van der Waals surface area contributed by atoms with E-state index in [9.17, 15) is 4.79 Å². The topological polar surface area (TPSA) is 26.3 Å². The van der Waals surface area contributed by atoms with Crippen LogP contribution >= 0.6 is 0 Å². The highest BCUT2D eigenvalue weighted by molar-refractivity contribution is 5.99. The second-order valence-corrected chi connectivity index (χ2v) is 4.63. The van der Waals surface area contributed by atoms with E-state index in [1.54, 1.807) is 6.92 Å². The van der Waals surface area contributed by atoms with Crippen molar-refractivity contribution in [2.24, 2.45) is 0 Å². The van der Waals surface area contributed by atoms with Gasteiger partial charge in [-0.2, -0.15) is 0 Å². The molecule has 0 amide bonds. The summed E-state index contributed by atoms with van der Waals surface area (Å²) >= 11 is 0. The molecule has 0 aliphatic carbocycles. The lowest BCUT2D eigenvalue weighted by molar-refractivity contribution is -0.113. The van der Waals surface area contributed by atoms with Crippen LogP contribution in [0.4, 0.5) is 0 Å². The standard InChI is InChI=1S/C17H14O2/c1-12(18)16-9-15-8-7-14(10-17(15)19-11-16)13-5-3-2-4-6-13/h2-10H,11H2,1H3. The third-order valence-corrected chi connectivity index (χ3v) is 3.29. The zero-order valence-electron chi connectivity index (χ0n) is 10.7. The molecule has 0 unspecified atom stereocenters. The monoisotopic (exact) mass is 250 g/mol. The predicted octanol–water partition coefficient (Wildman–Crippen LogP) is 3.72. The van der Waals surface area contributed by atoms with Gasteiger partial charge >= 0.3 is 0 Å². The highest BCUT2D eigenvalue weighted by atomic mass is 16.5. The number of rotatable bonds is 2. The summed E-state index contributed by atoms with van der Waals surface area (Å²) in [6, 6.07) is 16.3. The Kier molecular flexibility index (Phi) is 2.92. The third-order valence-electron chi connectivity index (χ3n) is 3.29. The van der Waals surface area contributed by atoms with E-state index in [0.29, 0.717) is 6.61 Å². The summed E-state index contributed by atoms with van der Waals surface area (Å²) in [5.41, 5.74) is 3.98. The lowest BCUT2D eigenvalue weighted by Gasteiger charge is -2.17. The van der Waals surface area contributed by atoms with Crippen LogP contribution in [0.1, 0.15) is 12.5 Å². The maximum atomic E-state index is 11.3. The molecule has 1 aliphatic heterocycles. The molecule has 0 bridgehead atoms. The van der Waals surface area contributed by atoms with Crippen molar-refractivity contribution in [1.82, 2.24) is 0 Å². The fourth-order valence-corrected chi connectivity index (χ4v) is 2.18. The molecule has 1 heterocycles. The summed E-state index contributed by atoms with van der Waals surface area (Å²) in [6.45, 7) is 1.93. The zero-order chi connectivity index (χ0) is 13.2. The molecule has 0 aromatic heterocycles. The first-order valence-corrected chi connectivity index (χ1v) is 6.28. The van der Waals surface area contributed by atoms with Crippen molar-refractivity contribution >= 4 is 11.9 Å². The van der Waals surface area contributed by atoms with Crippen molar-refractivity contribution in [3.8, 4) is 16.9 Å². The van der Waals surface area contributed by atoms with Crippen molar-refractivity contribution in [2.45, 2.75) is 6.92 Å². The van der Waals surface area contributed by atoms with Crippen LogP contribution in [-0.2, 0) is 4.79 Å². The quantitative estimate of drug-likeness (QED) is 0.812. The first-order valence-electron chi connectivity index (χ1n) is 6.28. The van der Waals surface area contributed by atoms with Gasteiger partial charge in [-0.15, -0.1) is 0 Å². The Morgan fingerprint density at radius 2 is 1.84 bits per heavy atom. The SMILES string of the molecule is CC(=O)C1=Cc2ccc(-c3ccccc3)cc2OC1. The van der Waals surface area contributed by atoms with Gasteiger partial charge in [0.05, 0.1) is 0 Å². The van der Waals surface area contributed by atoms with Crippen LogP contribution in [0.3, 0.4) is 0 Å². The Balaban J connectivity index is 2.01. The van der Waals surface area contributed by atoms with Crippen LogP contribution < -0.4 is 4.74 Å². The molecule has 94 valence electrons. The lowest BCUT2D eigenvalue weighted by Crippen LogP contribution is -2.12. The highest BCUT2D eigenvalue weighted by Gasteiger charge is 2.14. The minimum atomic E-state index is 0.0674.